The Morgan fingerprint density at radius 1 is 1.15 bits per heavy atom. The van der Waals surface area contributed by atoms with Crippen LogP contribution in [0.15, 0.2) is 66.3 Å². The van der Waals surface area contributed by atoms with Crippen molar-refractivity contribution in [2.45, 2.75) is 31.6 Å². The summed E-state index contributed by atoms with van der Waals surface area (Å²) in [6.07, 6.45) is 1.72. The number of benzene rings is 2. The van der Waals surface area contributed by atoms with E-state index in [1.165, 1.54) is 11.8 Å². The molecule has 0 aliphatic heterocycles. The Labute approximate surface area is 212 Å². The number of halogens is 2. The van der Waals surface area contributed by atoms with Crippen molar-refractivity contribution < 1.29 is 9.59 Å². The van der Waals surface area contributed by atoms with Gasteiger partial charge in [-0.15, -0.1) is 16.8 Å². The highest BCUT2D eigenvalue weighted by atomic mass is 35.5. The van der Waals surface area contributed by atoms with Gasteiger partial charge in [0.15, 0.2) is 11.0 Å². The molecule has 178 valence electrons. The molecule has 0 fully saturated rings. The zero-order valence-corrected chi connectivity index (χ0v) is 21.1. The standard InChI is InChI=1S/C24H25Cl2N5O2S/c1-4-12-31-22(21(15(2)3)28-23(33)16-8-6-5-7-9-16)29-30-24(31)34-14-20(32)27-19-11-10-17(25)13-18(19)26/h4-11,13,15,21H,1,12,14H2,2-3H3,(H,27,32)(H,28,33)/t21-/m1/s1. The molecule has 2 aromatic carbocycles. The van der Waals surface area contributed by atoms with E-state index in [1.807, 2.05) is 36.6 Å². The molecule has 0 aliphatic carbocycles. The van der Waals surface area contributed by atoms with E-state index in [2.05, 4.69) is 27.4 Å². The lowest BCUT2D eigenvalue weighted by molar-refractivity contribution is -0.113. The predicted octanol–water partition coefficient (Wildman–Crippen LogP) is 5.63. The monoisotopic (exact) mass is 517 g/mol. The van der Waals surface area contributed by atoms with Crippen molar-refractivity contribution >= 4 is 52.5 Å². The number of amides is 2. The Balaban J connectivity index is 1.74. The van der Waals surface area contributed by atoms with Gasteiger partial charge < -0.3 is 15.2 Å². The molecule has 10 heteroatoms. The number of nitrogens with one attached hydrogen (secondary N) is 2. The Morgan fingerprint density at radius 2 is 1.88 bits per heavy atom. The van der Waals surface area contributed by atoms with E-state index in [4.69, 9.17) is 23.2 Å². The van der Waals surface area contributed by atoms with Gasteiger partial charge in [0.25, 0.3) is 5.91 Å². The number of rotatable bonds is 10. The van der Waals surface area contributed by atoms with Crippen molar-refractivity contribution in [3.05, 3.63) is 82.6 Å². The van der Waals surface area contributed by atoms with E-state index in [-0.39, 0.29) is 29.5 Å². The topological polar surface area (TPSA) is 88.9 Å². The molecule has 34 heavy (non-hydrogen) atoms. The molecular weight excluding hydrogens is 493 g/mol. The maximum Gasteiger partial charge on any atom is 0.251 e. The molecule has 3 aromatic rings. The molecule has 1 atom stereocenters. The lowest BCUT2D eigenvalue weighted by Crippen LogP contribution is -2.33. The lowest BCUT2D eigenvalue weighted by Gasteiger charge is -2.22. The first-order chi connectivity index (χ1) is 16.3. The average molecular weight is 518 g/mol. The fourth-order valence-electron chi connectivity index (χ4n) is 3.19. The second kappa shape index (κ2) is 12.1. The molecule has 7 nitrogen and oxygen atoms in total. The van der Waals surface area contributed by atoms with E-state index in [0.717, 1.165) is 0 Å². The molecule has 2 N–H and O–H groups in total. The van der Waals surface area contributed by atoms with Crippen molar-refractivity contribution in [1.29, 1.82) is 0 Å². The molecule has 0 spiro atoms. The Hall–Kier alpha value is -2.81. The van der Waals surface area contributed by atoms with E-state index < -0.39 is 0 Å². The molecule has 0 bridgehead atoms. The number of allylic oxidation sites excluding steroid dienone is 1. The predicted molar refractivity (Wildman–Crippen MR) is 138 cm³/mol. The van der Waals surface area contributed by atoms with E-state index in [9.17, 15) is 9.59 Å². The van der Waals surface area contributed by atoms with Crippen molar-refractivity contribution in [2.75, 3.05) is 11.1 Å². The normalized spacial score (nSPS) is 11.8. The number of carbonyl (C=O) groups excluding carboxylic acids is 2. The van der Waals surface area contributed by atoms with Crippen LogP contribution in [0.25, 0.3) is 0 Å². The maximum atomic E-state index is 12.8. The number of anilines is 1. The molecule has 0 saturated carbocycles. The summed E-state index contributed by atoms with van der Waals surface area (Å²) in [5.74, 6) is 0.302. The summed E-state index contributed by atoms with van der Waals surface area (Å²) in [6.45, 7) is 8.25. The van der Waals surface area contributed by atoms with Crippen molar-refractivity contribution in [2.24, 2.45) is 5.92 Å². The fraction of sp³-hybridized carbons (Fsp3) is 0.250. The maximum absolute atomic E-state index is 12.8. The highest BCUT2D eigenvalue weighted by molar-refractivity contribution is 7.99. The van der Waals surface area contributed by atoms with Gasteiger partial charge in [0.2, 0.25) is 5.91 Å². The summed E-state index contributed by atoms with van der Waals surface area (Å²) in [5.41, 5.74) is 1.04. The minimum atomic E-state index is -0.379. The summed E-state index contributed by atoms with van der Waals surface area (Å²) >= 11 is 13.3. The number of thioether (sulfide) groups is 1. The van der Waals surface area contributed by atoms with E-state index in [0.29, 0.717) is 38.8 Å². The quantitative estimate of drug-likeness (QED) is 0.268. The Bertz CT molecular complexity index is 1170. The van der Waals surface area contributed by atoms with Gasteiger partial charge in [-0.05, 0) is 36.2 Å². The van der Waals surface area contributed by atoms with E-state index >= 15 is 0 Å². The number of nitrogens with zero attached hydrogens (tertiary/aromatic N) is 3. The summed E-state index contributed by atoms with van der Waals surface area (Å²) < 4.78 is 1.86. The van der Waals surface area contributed by atoms with Crippen molar-refractivity contribution in [3.8, 4) is 0 Å². The second-order valence-corrected chi connectivity index (χ2v) is 9.55. The van der Waals surface area contributed by atoms with Crippen LogP contribution in [0.3, 0.4) is 0 Å². The number of hydrogen-bond donors (Lipinski definition) is 2. The number of carbonyl (C=O) groups is 2. The van der Waals surface area contributed by atoms with Gasteiger partial charge in [-0.3, -0.25) is 9.59 Å². The molecule has 1 heterocycles. The third-order valence-corrected chi connectivity index (χ3v) is 6.38. The van der Waals surface area contributed by atoms with Gasteiger partial charge in [-0.2, -0.15) is 0 Å². The van der Waals surface area contributed by atoms with Gasteiger partial charge in [0.1, 0.15) is 0 Å². The molecule has 0 radical (unpaired) electrons. The third-order valence-electron chi connectivity index (χ3n) is 4.86. The highest BCUT2D eigenvalue weighted by Gasteiger charge is 2.26. The van der Waals surface area contributed by atoms with Crippen LogP contribution in [0.5, 0.6) is 0 Å². The molecule has 0 aliphatic rings. The van der Waals surface area contributed by atoms with Gasteiger partial charge in [0.05, 0.1) is 22.5 Å². The smallest absolute Gasteiger partial charge is 0.251 e. The van der Waals surface area contributed by atoms with Crippen LogP contribution in [-0.2, 0) is 11.3 Å². The van der Waals surface area contributed by atoms with Gasteiger partial charge in [0, 0.05) is 17.1 Å². The van der Waals surface area contributed by atoms with Gasteiger partial charge in [-0.1, -0.05) is 73.1 Å². The lowest BCUT2D eigenvalue weighted by atomic mass is 10.0. The molecular formula is C24H25Cl2N5O2S. The number of hydrogen-bond acceptors (Lipinski definition) is 5. The second-order valence-electron chi connectivity index (χ2n) is 7.76. The van der Waals surface area contributed by atoms with Crippen molar-refractivity contribution in [3.63, 3.8) is 0 Å². The molecule has 0 saturated heterocycles. The molecule has 1 aromatic heterocycles. The van der Waals surface area contributed by atoms with Crippen LogP contribution >= 0.6 is 35.0 Å². The summed E-state index contributed by atoms with van der Waals surface area (Å²) in [6, 6.07) is 13.5. The zero-order chi connectivity index (χ0) is 24.7. The van der Waals surface area contributed by atoms with Crippen LogP contribution in [0, 0.1) is 5.92 Å². The zero-order valence-electron chi connectivity index (χ0n) is 18.8. The van der Waals surface area contributed by atoms with Crippen LogP contribution in [0.2, 0.25) is 10.0 Å². The first-order valence-corrected chi connectivity index (χ1v) is 12.3. The SMILES string of the molecule is C=CCn1c(SCC(=O)Nc2ccc(Cl)cc2Cl)nnc1[C@H](NC(=O)c1ccccc1)C(C)C. The minimum Gasteiger partial charge on any atom is -0.342 e. The minimum absolute atomic E-state index is 0.0497. The summed E-state index contributed by atoms with van der Waals surface area (Å²) in [5, 5.41) is 15.8. The third kappa shape index (κ3) is 6.62. The summed E-state index contributed by atoms with van der Waals surface area (Å²) in [4.78, 5) is 25.3. The number of aromatic nitrogens is 3. The molecule has 2 amide bonds. The highest BCUT2D eigenvalue weighted by Crippen LogP contribution is 2.27. The van der Waals surface area contributed by atoms with Crippen LogP contribution < -0.4 is 10.6 Å². The summed E-state index contributed by atoms with van der Waals surface area (Å²) in [7, 11) is 0. The van der Waals surface area contributed by atoms with Gasteiger partial charge >= 0.3 is 0 Å². The first kappa shape index (κ1) is 25.8. The fourth-order valence-corrected chi connectivity index (χ4v) is 4.40. The van der Waals surface area contributed by atoms with Gasteiger partial charge in [-0.25, -0.2) is 0 Å². The van der Waals surface area contributed by atoms with E-state index in [1.54, 1.807) is 36.4 Å². The molecule has 0 unspecified atom stereocenters. The first-order valence-electron chi connectivity index (χ1n) is 10.6. The van der Waals surface area contributed by atoms with Crippen LogP contribution in [0.4, 0.5) is 5.69 Å². The Kier molecular flexibility index (Phi) is 9.15. The van der Waals surface area contributed by atoms with Crippen molar-refractivity contribution in [1.82, 2.24) is 20.1 Å². The van der Waals surface area contributed by atoms with Crippen LogP contribution in [-0.4, -0.2) is 32.3 Å². The largest absolute Gasteiger partial charge is 0.342 e. The Morgan fingerprint density at radius 3 is 2.53 bits per heavy atom. The van der Waals surface area contributed by atoms with Crippen LogP contribution in [0.1, 0.15) is 36.1 Å². The average Bonchev–Trinajstić information content (AvgIpc) is 3.20. The molecule has 3 rings (SSSR count).